The third kappa shape index (κ3) is 10.1. The summed E-state index contributed by atoms with van der Waals surface area (Å²) >= 11 is 1.53. The molecule has 1 unspecified atom stereocenters. The largest absolute Gasteiger partial charge is 0.378 e. The van der Waals surface area contributed by atoms with E-state index in [1.807, 2.05) is 13.2 Å². The number of hydrogen-bond acceptors (Lipinski definition) is 8. The number of rotatable bonds is 14. The monoisotopic (exact) mass is 636 g/mol. The van der Waals surface area contributed by atoms with Crippen LogP contribution in [0.3, 0.4) is 0 Å². The van der Waals surface area contributed by atoms with E-state index < -0.39 is 45.1 Å². The lowest BCUT2D eigenvalue weighted by Crippen LogP contribution is -2.64. The van der Waals surface area contributed by atoms with Gasteiger partial charge < -0.3 is 25.6 Å². The maximum absolute atomic E-state index is 13.7. The van der Waals surface area contributed by atoms with Gasteiger partial charge in [-0.1, -0.05) is 56.9 Å². The summed E-state index contributed by atoms with van der Waals surface area (Å²) in [6.45, 7) is 3.57. The van der Waals surface area contributed by atoms with Crippen LogP contribution in [0.2, 0.25) is 0 Å². The minimum absolute atomic E-state index is 0.125. The summed E-state index contributed by atoms with van der Waals surface area (Å²) in [5.41, 5.74) is -1.17. The van der Waals surface area contributed by atoms with Gasteiger partial charge in [-0.3, -0.25) is 14.4 Å². The van der Waals surface area contributed by atoms with E-state index in [0.29, 0.717) is 57.7 Å². The summed E-state index contributed by atoms with van der Waals surface area (Å²) in [5.74, 6) is -1.56. The van der Waals surface area contributed by atoms with Crippen LogP contribution >= 0.6 is 11.8 Å². The van der Waals surface area contributed by atoms with Crippen molar-refractivity contribution in [1.82, 2.24) is 20.9 Å². The molecule has 11 nitrogen and oxygen atoms in total. The molecule has 3 N–H and O–H groups in total. The van der Waals surface area contributed by atoms with Gasteiger partial charge in [0.05, 0.1) is 24.2 Å². The second-order valence-electron chi connectivity index (χ2n) is 10.9. The zero-order valence-electron chi connectivity index (χ0n) is 25.0. The van der Waals surface area contributed by atoms with E-state index in [0.717, 1.165) is 24.7 Å². The maximum atomic E-state index is 13.7. The molecule has 1 heterocycles. The van der Waals surface area contributed by atoms with Gasteiger partial charge in [-0.25, -0.2) is 13.2 Å². The number of nitrogens with zero attached hydrogens (tertiary/aromatic N) is 1. The smallest absolute Gasteiger partial charge is 0.318 e. The summed E-state index contributed by atoms with van der Waals surface area (Å²) in [7, 11) is -3.74. The van der Waals surface area contributed by atoms with Crippen molar-refractivity contribution in [3.63, 3.8) is 0 Å². The van der Waals surface area contributed by atoms with Crippen LogP contribution in [0, 0.1) is 0 Å². The summed E-state index contributed by atoms with van der Waals surface area (Å²) < 4.78 is 30.8. The molecule has 238 valence electrons. The molecule has 43 heavy (non-hydrogen) atoms. The summed E-state index contributed by atoms with van der Waals surface area (Å²) in [6.07, 6.45) is 7.75. The predicted octanol–water partition coefficient (Wildman–Crippen LogP) is 2.81. The summed E-state index contributed by atoms with van der Waals surface area (Å²) in [6, 6.07) is 5.80. The number of ketones is 1. The van der Waals surface area contributed by atoms with Gasteiger partial charge >= 0.3 is 6.03 Å². The molecular formula is C30H44N4O7S2. The topological polar surface area (TPSA) is 151 Å². The zero-order chi connectivity index (χ0) is 31.3. The molecule has 1 saturated carbocycles. The molecule has 3 rings (SSSR count). The van der Waals surface area contributed by atoms with E-state index >= 15 is 0 Å². The van der Waals surface area contributed by atoms with Crippen LogP contribution in [-0.2, 0) is 29.0 Å². The van der Waals surface area contributed by atoms with E-state index in [-0.39, 0.29) is 17.3 Å². The molecule has 0 aromatic heterocycles. The van der Waals surface area contributed by atoms with Gasteiger partial charge in [0.15, 0.2) is 9.84 Å². The first-order valence-electron chi connectivity index (χ1n) is 14.9. The molecule has 2 aliphatic rings. The number of carbonyl (C=O) groups excluding carboxylic acids is 4. The standard InChI is InChI=1S/C30H44N4O7S2/c1-3-10-25(32-28(37)30(15-8-5-9-16-30)33-29(38)34-17-19-41-20-18-34)26(35)27(36)31-23(13-21-42-2)14-22-43(39,40)24-11-6-4-7-12-24/h4,6-7,11-12,14,22-23,25H,3,5,8-10,13,15-21H2,1-2H3,(H,31,36)(H,32,37)(H,33,38)/b22-14+/t23?,25-/m0/s1. The highest BCUT2D eigenvalue weighted by molar-refractivity contribution is 7.98. The van der Waals surface area contributed by atoms with Crippen LogP contribution in [0.5, 0.6) is 0 Å². The summed E-state index contributed by atoms with van der Waals surface area (Å²) in [5, 5.41) is 9.45. The SMILES string of the molecule is CCC[C@H](NC(=O)C1(NC(=O)N2CCOCC2)CCCCC1)C(=O)C(=O)NC(/C=C/S(=O)(=O)c1ccccc1)CCSC. The van der Waals surface area contributed by atoms with Crippen molar-refractivity contribution in [1.29, 1.82) is 0 Å². The fraction of sp³-hybridized carbons (Fsp3) is 0.600. The van der Waals surface area contributed by atoms with Crippen molar-refractivity contribution in [3.05, 3.63) is 41.8 Å². The van der Waals surface area contributed by atoms with Crippen molar-refractivity contribution in [2.75, 3.05) is 38.3 Å². The van der Waals surface area contributed by atoms with Gasteiger partial charge in [0.2, 0.25) is 11.7 Å². The third-order valence-corrected chi connectivity index (χ3v) is 9.81. The number of sulfone groups is 1. The Bertz CT molecular complexity index is 1230. The molecule has 2 atom stereocenters. The van der Waals surface area contributed by atoms with E-state index in [9.17, 15) is 27.6 Å². The molecule has 1 aliphatic heterocycles. The van der Waals surface area contributed by atoms with Crippen molar-refractivity contribution in [3.8, 4) is 0 Å². The van der Waals surface area contributed by atoms with Crippen molar-refractivity contribution < 1.29 is 32.3 Å². The highest BCUT2D eigenvalue weighted by Crippen LogP contribution is 2.29. The minimum Gasteiger partial charge on any atom is -0.378 e. The van der Waals surface area contributed by atoms with Crippen LogP contribution in [-0.4, -0.2) is 92.9 Å². The second-order valence-corrected chi connectivity index (χ2v) is 13.7. The third-order valence-electron chi connectivity index (χ3n) is 7.72. The Morgan fingerprint density at radius 3 is 2.33 bits per heavy atom. The number of amides is 4. The lowest BCUT2D eigenvalue weighted by atomic mass is 9.80. The van der Waals surface area contributed by atoms with Crippen LogP contribution in [0.1, 0.15) is 58.3 Å². The number of benzene rings is 1. The Kier molecular flexibility index (Phi) is 13.5. The Hall–Kier alpha value is -2.90. The van der Waals surface area contributed by atoms with Crippen LogP contribution in [0.15, 0.2) is 46.7 Å². The number of Topliss-reactive ketones (excluding diaryl/α,β-unsaturated/α-hetero) is 1. The fourth-order valence-electron chi connectivity index (χ4n) is 5.21. The van der Waals surface area contributed by atoms with Crippen LogP contribution < -0.4 is 16.0 Å². The molecule has 2 fully saturated rings. The Balaban J connectivity index is 1.72. The van der Waals surface area contributed by atoms with Gasteiger partial charge in [-0.05, 0) is 49.8 Å². The average molecular weight is 637 g/mol. The first kappa shape index (κ1) is 34.6. The van der Waals surface area contributed by atoms with Gasteiger partial charge in [0.25, 0.3) is 5.91 Å². The van der Waals surface area contributed by atoms with E-state index in [1.54, 1.807) is 23.1 Å². The second kappa shape index (κ2) is 16.8. The highest BCUT2D eigenvalue weighted by Gasteiger charge is 2.43. The number of hydrogen-bond donors (Lipinski definition) is 3. The number of carbonyl (C=O) groups is 4. The maximum Gasteiger partial charge on any atom is 0.318 e. The average Bonchev–Trinajstić information content (AvgIpc) is 3.02. The van der Waals surface area contributed by atoms with Gasteiger partial charge in [0, 0.05) is 24.5 Å². The highest BCUT2D eigenvalue weighted by atomic mass is 32.2. The molecule has 1 aromatic carbocycles. The minimum atomic E-state index is -3.74. The molecule has 0 bridgehead atoms. The molecule has 1 aromatic rings. The van der Waals surface area contributed by atoms with E-state index in [1.165, 1.54) is 30.0 Å². The molecule has 13 heteroatoms. The molecule has 0 spiro atoms. The Labute approximate surface area is 258 Å². The number of nitrogens with one attached hydrogen (secondary N) is 3. The molecular weight excluding hydrogens is 592 g/mol. The lowest BCUT2D eigenvalue weighted by molar-refractivity contribution is -0.141. The predicted molar refractivity (Wildman–Crippen MR) is 166 cm³/mol. The van der Waals surface area contributed by atoms with Gasteiger partial charge in [0.1, 0.15) is 5.54 Å². The van der Waals surface area contributed by atoms with Gasteiger partial charge in [-0.2, -0.15) is 11.8 Å². The molecule has 0 radical (unpaired) electrons. The number of thioether (sulfide) groups is 1. The lowest BCUT2D eigenvalue weighted by Gasteiger charge is -2.39. The molecule has 1 aliphatic carbocycles. The quantitative estimate of drug-likeness (QED) is 0.264. The number of ether oxygens (including phenoxy) is 1. The number of morpholine rings is 1. The fourth-order valence-corrected chi connectivity index (χ4v) is 6.79. The molecule has 1 saturated heterocycles. The van der Waals surface area contributed by atoms with Gasteiger partial charge in [-0.15, -0.1) is 0 Å². The zero-order valence-corrected chi connectivity index (χ0v) is 26.6. The first-order valence-corrected chi connectivity index (χ1v) is 17.8. The Morgan fingerprint density at radius 1 is 1.02 bits per heavy atom. The number of urea groups is 1. The van der Waals surface area contributed by atoms with Crippen LogP contribution in [0.25, 0.3) is 0 Å². The molecule has 4 amide bonds. The van der Waals surface area contributed by atoms with Crippen molar-refractivity contribution in [2.24, 2.45) is 0 Å². The normalized spacial score (nSPS) is 18.4. The first-order chi connectivity index (χ1) is 20.6. The van der Waals surface area contributed by atoms with Crippen molar-refractivity contribution >= 4 is 45.2 Å². The van der Waals surface area contributed by atoms with Crippen LogP contribution in [0.4, 0.5) is 4.79 Å². The summed E-state index contributed by atoms with van der Waals surface area (Å²) in [4.78, 5) is 55.1. The Morgan fingerprint density at radius 2 is 1.70 bits per heavy atom. The van der Waals surface area contributed by atoms with Crippen molar-refractivity contribution in [2.45, 2.75) is 80.8 Å². The van der Waals surface area contributed by atoms with E-state index in [2.05, 4.69) is 16.0 Å². The van der Waals surface area contributed by atoms with E-state index in [4.69, 9.17) is 4.74 Å².